The molecule has 0 saturated heterocycles. The van der Waals surface area contributed by atoms with Gasteiger partial charge in [-0.3, -0.25) is 10.1 Å². The van der Waals surface area contributed by atoms with Crippen molar-refractivity contribution >= 4 is 17.5 Å². The molecule has 0 amide bonds. The van der Waals surface area contributed by atoms with Gasteiger partial charge in [0.1, 0.15) is 6.20 Å². The van der Waals surface area contributed by atoms with E-state index < -0.39 is 10.5 Å². The minimum Gasteiger partial charge on any atom is -0.394 e. The molecule has 0 spiro atoms. The van der Waals surface area contributed by atoms with Crippen LogP contribution in [-0.2, 0) is 0 Å². The zero-order valence-corrected chi connectivity index (χ0v) is 11.3. The fourth-order valence-corrected chi connectivity index (χ4v) is 1.37. The summed E-state index contributed by atoms with van der Waals surface area (Å²) >= 11 is 0. The lowest BCUT2D eigenvalue weighted by atomic mass is 10.0. The van der Waals surface area contributed by atoms with E-state index in [9.17, 15) is 15.2 Å². The quantitative estimate of drug-likeness (QED) is 0.506. The van der Waals surface area contributed by atoms with Crippen LogP contribution in [0.3, 0.4) is 0 Å². The third-order valence-electron chi connectivity index (χ3n) is 2.85. The van der Waals surface area contributed by atoms with Gasteiger partial charge in [0.05, 0.1) is 17.1 Å². The van der Waals surface area contributed by atoms with Crippen LogP contribution in [0.2, 0.25) is 0 Å². The molecule has 0 bridgehead atoms. The summed E-state index contributed by atoms with van der Waals surface area (Å²) in [7, 11) is 0. The van der Waals surface area contributed by atoms with Crippen LogP contribution < -0.4 is 10.6 Å². The number of hydrogen-bond acceptors (Lipinski definition) is 7. The highest BCUT2D eigenvalue weighted by atomic mass is 16.6. The van der Waals surface area contributed by atoms with E-state index >= 15 is 0 Å². The van der Waals surface area contributed by atoms with Gasteiger partial charge in [0, 0.05) is 6.54 Å². The minimum absolute atomic E-state index is 0.106. The molecule has 0 radical (unpaired) electrons. The zero-order chi connectivity index (χ0) is 14.5. The smallest absolute Gasteiger partial charge is 0.329 e. The highest BCUT2D eigenvalue weighted by molar-refractivity contribution is 5.58. The van der Waals surface area contributed by atoms with Crippen LogP contribution >= 0.6 is 0 Å². The highest BCUT2D eigenvalue weighted by Gasteiger charge is 2.26. The normalized spacial score (nSPS) is 13.7. The van der Waals surface area contributed by atoms with E-state index in [0.29, 0.717) is 18.9 Å². The van der Waals surface area contributed by atoms with Crippen molar-refractivity contribution in [1.82, 2.24) is 9.97 Å². The molecule has 0 aliphatic heterocycles. The molecule has 8 heteroatoms. The second-order valence-corrected chi connectivity index (χ2v) is 4.41. The number of nitrogens with zero attached hydrogens (tertiary/aromatic N) is 3. The molecule has 0 fully saturated rings. The van der Waals surface area contributed by atoms with Crippen LogP contribution in [0.5, 0.6) is 0 Å². The number of aliphatic hydroxyl groups excluding tert-OH is 1. The Labute approximate surface area is 111 Å². The summed E-state index contributed by atoms with van der Waals surface area (Å²) in [5.74, 6) is 0.418. The van der Waals surface area contributed by atoms with Crippen molar-refractivity contribution in [2.75, 3.05) is 23.8 Å². The largest absolute Gasteiger partial charge is 0.394 e. The van der Waals surface area contributed by atoms with E-state index in [2.05, 4.69) is 20.6 Å². The van der Waals surface area contributed by atoms with Crippen LogP contribution in [-0.4, -0.2) is 38.7 Å². The van der Waals surface area contributed by atoms with Crippen LogP contribution in [0.25, 0.3) is 0 Å². The van der Waals surface area contributed by atoms with Crippen LogP contribution in [0.15, 0.2) is 6.20 Å². The standard InChI is InChI=1S/C11H19N5O3/c1-4-11(3,7-17)15-9-8(16(18)19)6-13-10(14-9)12-5-2/h6,17H,4-5,7H2,1-3H3,(H2,12,13,14,15). The molecule has 0 saturated carbocycles. The Kier molecular flexibility index (Phi) is 4.99. The molecule has 0 aliphatic rings. The maximum absolute atomic E-state index is 11.0. The van der Waals surface area contributed by atoms with E-state index in [-0.39, 0.29) is 18.1 Å². The Balaban J connectivity index is 3.13. The van der Waals surface area contributed by atoms with Crippen LogP contribution in [0.1, 0.15) is 27.2 Å². The molecule has 1 unspecified atom stereocenters. The van der Waals surface area contributed by atoms with E-state index in [0.717, 1.165) is 6.20 Å². The van der Waals surface area contributed by atoms with Crippen molar-refractivity contribution in [2.45, 2.75) is 32.7 Å². The second kappa shape index (κ2) is 6.28. The average Bonchev–Trinajstić information content (AvgIpc) is 2.39. The molecule has 8 nitrogen and oxygen atoms in total. The lowest BCUT2D eigenvalue weighted by Crippen LogP contribution is -2.38. The molecule has 1 aromatic rings. The first-order chi connectivity index (χ1) is 8.95. The number of hydrogen-bond donors (Lipinski definition) is 3. The van der Waals surface area contributed by atoms with E-state index in [1.807, 2.05) is 13.8 Å². The van der Waals surface area contributed by atoms with Gasteiger partial charge in [-0.15, -0.1) is 0 Å². The maximum Gasteiger partial charge on any atom is 0.329 e. The summed E-state index contributed by atoms with van der Waals surface area (Å²) in [6.07, 6.45) is 1.75. The van der Waals surface area contributed by atoms with Gasteiger partial charge in [0.2, 0.25) is 11.8 Å². The number of nitrogens with one attached hydrogen (secondary N) is 2. The summed E-state index contributed by atoms with van der Waals surface area (Å²) in [6.45, 7) is 5.98. The second-order valence-electron chi connectivity index (χ2n) is 4.41. The van der Waals surface area contributed by atoms with Crippen LogP contribution in [0.4, 0.5) is 17.5 Å². The van der Waals surface area contributed by atoms with Crippen molar-refractivity contribution in [1.29, 1.82) is 0 Å². The van der Waals surface area contributed by atoms with Gasteiger partial charge in [-0.25, -0.2) is 4.98 Å². The fraction of sp³-hybridized carbons (Fsp3) is 0.636. The molecule has 0 aliphatic carbocycles. The van der Waals surface area contributed by atoms with E-state index in [1.54, 1.807) is 6.92 Å². The number of nitro groups is 1. The summed E-state index contributed by atoms with van der Waals surface area (Å²) in [6, 6.07) is 0. The van der Waals surface area contributed by atoms with E-state index in [4.69, 9.17) is 0 Å². The lowest BCUT2D eigenvalue weighted by molar-refractivity contribution is -0.384. The number of aromatic nitrogens is 2. The number of rotatable bonds is 7. The first kappa shape index (κ1) is 15.1. The molecule has 1 heterocycles. The molecule has 19 heavy (non-hydrogen) atoms. The molecular formula is C11H19N5O3. The van der Waals surface area contributed by atoms with Gasteiger partial charge in [-0.05, 0) is 20.3 Å². The topological polar surface area (TPSA) is 113 Å². The van der Waals surface area contributed by atoms with Gasteiger partial charge in [-0.2, -0.15) is 4.98 Å². The van der Waals surface area contributed by atoms with Crippen molar-refractivity contribution in [3.63, 3.8) is 0 Å². The molecule has 0 aromatic carbocycles. The first-order valence-electron chi connectivity index (χ1n) is 6.10. The van der Waals surface area contributed by atoms with Gasteiger partial charge in [0.25, 0.3) is 0 Å². The molecule has 106 valence electrons. The summed E-state index contributed by atoms with van der Waals surface area (Å²) in [4.78, 5) is 18.4. The van der Waals surface area contributed by atoms with E-state index in [1.165, 1.54) is 0 Å². The maximum atomic E-state index is 11.0. The van der Waals surface area contributed by atoms with Crippen molar-refractivity contribution in [3.05, 3.63) is 16.3 Å². The molecular weight excluding hydrogens is 250 g/mol. The average molecular weight is 269 g/mol. The van der Waals surface area contributed by atoms with Gasteiger partial charge >= 0.3 is 5.69 Å². The molecule has 1 aromatic heterocycles. The van der Waals surface area contributed by atoms with Gasteiger partial charge in [0.15, 0.2) is 0 Å². The molecule has 3 N–H and O–H groups in total. The molecule has 1 atom stereocenters. The predicted octanol–water partition coefficient (Wildman–Crippen LogP) is 1.39. The molecule has 1 rings (SSSR count). The van der Waals surface area contributed by atoms with Gasteiger partial charge in [-0.1, -0.05) is 6.92 Å². The highest BCUT2D eigenvalue weighted by Crippen LogP contribution is 2.26. The first-order valence-corrected chi connectivity index (χ1v) is 6.10. The minimum atomic E-state index is -0.664. The number of anilines is 2. The zero-order valence-electron chi connectivity index (χ0n) is 11.3. The fourth-order valence-electron chi connectivity index (χ4n) is 1.37. The predicted molar refractivity (Wildman–Crippen MR) is 72.3 cm³/mol. The Hall–Kier alpha value is -1.96. The lowest BCUT2D eigenvalue weighted by Gasteiger charge is -2.27. The van der Waals surface area contributed by atoms with Gasteiger partial charge < -0.3 is 15.7 Å². The Morgan fingerprint density at radius 2 is 2.21 bits per heavy atom. The summed E-state index contributed by atoms with van der Waals surface area (Å²) < 4.78 is 0. The third kappa shape index (κ3) is 3.75. The summed E-state index contributed by atoms with van der Waals surface area (Å²) in [5.41, 5.74) is -0.877. The number of aliphatic hydroxyl groups is 1. The monoisotopic (exact) mass is 269 g/mol. The Morgan fingerprint density at radius 3 is 2.68 bits per heavy atom. The van der Waals surface area contributed by atoms with Crippen molar-refractivity contribution < 1.29 is 10.0 Å². The van der Waals surface area contributed by atoms with Crippen LogP contribution in [0, 0.1) is 10.1 Å². The van der Waals surface area contributed by atoms with Crippen molar-refractivity contribution in [2.24, 2.45) is 0 Å². The third-order valence-corrected chi connectivity index (χ3v) is 2.85. The SMILES string of the molecule is CCNc1ncc([N+](=O)[O-])c(NC(C)(CC)CO)n1. The Bertz CT molecular complexity index is 448. The van der Waals surface area contributed by atoms with Crippen molar-refractivity contribution in [3.8, 4) is 0 Å². The Morgan fingerprint density at radius 1 is 1.53 bits per heavy atom. The summed E-state index contributed by atoms with van der Waals surface area (Å²) in [5, 5.41) is 26.1.